The molecule has 0 aliphatic carbocycles. The zero-order valence-electron chi connectivity index (χ0n) is 16.5. The maximum Gasteiger partial charge on any atom is 0.337 e. The molecule has 0 unspecified atom stereocenters. The van der Waals surface area contributed by atoms with Crippen LogP contribution in [0.4, 0.5) is 11.4 Å². The molecule has 4 rings (SSSR count). The van der Waals surface area contributed by atoms with E-state index in [4.69, 9.17) is 0 Å². The van der Waals surface area contributed by atoms with Gasteiger partial charge in [-0.1, -0.05) is 0 Å². The number of piperidine rings is 1. The van der Waals surface area contributed by atoms with Gasteiger partial charge >= 0.3 is 5.97 Å². The molecule has 2 aromatic rings. The molecule has 1 fully saturated rings. The van der Waals surface area contributed by atoms with Crippen molar-refractivity contribution in [3.8, 4) is 0 Å². The number of carbonyl (C=O) groups excluding carboxylic acids is 3. The van der Waals surface area contributed by atoms with Crippen LogP contribution in [0, 0.1) is 0 Å². The Morgan fingerprint density at radius 2 is 1.79 bits per heavy atom. The Hall–Kier alpha value is -3.35. The molecule has 0 spiro atoms. The molecule has 0 radical (unpaired) electrons. The fourth-order valence-electron chi connectivity index (χ4n) is 4.03. The summed E-state index contributed by atoms with van der Waals surface area (Å²) in [6.07, 6.45) is 3.11. The van der Waals surface area contributed by atoms with E-state index in [0.29, 0.717) is 22.4 Å². The summed E-state index contributed by atoms with van der Waals surface area (Å²) in [5, 5.41) is 2.83. The molecule has 1 atom stereocenters. The molecule has 2 aliphatic rings. The van der Waals surface area contributed by atoms with Gasteiger partial charge in [0.15, 0.2) is 0 Å². The lowest BCUT2D eigenvalue weighted by molar-refractivity contribution is 0.0585. The van der Waals surface area contributed by atoms with Crippen LogP contribution >= 0.6 is 0 Å². The highest BCUT2D eigenvalue weighted by molar-refractivity contribution is 6.08. The van der Waals surface area contributed by atoms with Gasteiger partial charge in [0.2, 0.25) is 0 Å². The molecule has 0 bridgehead atoms. The van der Waals surface area contributed by atoms with Crippen molar-refractivity contribution in [2.75, 3.05) is 30.9 Å². The van der Waals surface area contributed by atoms with E-state index < -0.39 is 5.97 Å². The smallest absolute Gasteiger partial charge is 0.337 e. The van der Waals surface area contributed by atoms with Crippen LogP contribution in [0.25, 0.3) is 0 Å². The second kappa shape index (κ2) is 7.58. The Balaban J connectivity index is 1.55. The lowest BCUT2D eigenvalue weighted by Crippen LogP contribution is -2.55. The van der Waals surface area contributed by atoms with Crippen LogP contribution in [0.15, 0.2) is 42.5 Å². The summed E-state index contributed by atoms with van der Waals surface area (Å²) in [6.45, 7) is 0.775. The molecule has 150 valence electrons. The molecular formula is C22H23N3O4. The fraction of sp³-hybridized carbons (Fsp3) is 0.318. The molecule has 7 heteroatoms. The largest absolute Gasteiger partial charge is 0.465 e. The van der Waals surface area contributed by atoms with Crippen LogP contribution in [-0.4, -0.2) is 49.6 Å². The number of esters is 1. The minimum atomic E-state index is -0.429. The lowest BCUT2D eigenvalue weighted by Gasteiger charge is -2.46. The zero-order valence-corrected chi connectivity index (χ0v) is 16.5. The molecule has 0 saturated carbocycles. The SMILES string of the molecule is COC(=O)c1ccc(NC(=O)c2ccc3c(c2)N(C)[C@@H]2CCCCN2C3=O)cc1. The predicted octanol–water partition coefficient (Wildman–Crippen LogP) is 3.13. The van der Waals surface area contributed by atoms with Crippen molar-refractivity contribution < 1.29 is 19.1 Å². The van der Waals surface area contributed by atoms with Crippen molar-refractivity contribution in [1.29, 1.82) is 0 Å². The highest BCUT2D eigenvalue weighted by atomic mass is 16.5. The zero-order chi connectivity index (χ0) is 20.5. The van der Waals surface area contributed by atoms with Gasteiger partial charge in [0, 0.05) is 24.8 Å². The van der Waals surface area contributed by atoms with Crippen LogP contribution < -0.4 is 10.2 Å². The predicted molar refractivity (Wildman–Crippen MR) is 109 cm³/mol. The minimum absolute atomic E-state index is 0.0353. The fourth-order valence-corrected chi connectivity index (χ4v) is 4.03. The number of hydrogen-bond donors (Lipinski definition) is 1. The topological polar surface area (TPSA) is 79.0 Å². The van der Waals surface area contributed by atoms with E-state index in [-0.39, 0.29) is 18.0 Å². The second-order valence-electron chi connectivity index (χ2n) is 7.34. The number of methoxy groups -OCH3 is 1. The summed E-state index contributed by atoms with van der Waals surface area (Å²) in [4.78, 5) is 41.1. The number of benzene rings is 2. The normalized spacial score (nSPS) is 18.0. The first-order valence-corrected chi connectivity index (χ1v) is 9.67. The summed E-state index contributed by atoms with van der Waals surface area (Å²) >= 11 is 0. The van der Waals surface area contributed by atoms with Gasteiger partial charge in [0.05, 0.1) is 23.9 Å². The number of anilines is 2. The number of fused-ring (bicyclic) bond motifs is 2. The quantitative estimate of drug-likeness (QED) is 0.811. The number of hydrogen-bond acceptors (Lipinski definition) is 5. The van der Waals surface area contributed by atoms with Crippen molar-refractivity contribution in [3.05, 3.63) is 59.2 Å². The Kier molecular flexibility index (Phi) is 4.96. The van der Waals surface area contributed by atoms with E-state index in [9.17, 15) is 14.4 Å². The van der Waals surface area contributed by atoms with Gasteiger partial charge in [-0.05, 0) is 61.7 Å². The molecule has 0 aromatic heterocycles. The summed E-state index contributed by atoms with van der Waals surface area (Å²) in [5.41, 5.74) is 2.88. The van der Waals surface area contributed by atoms with E-state index in [1.165, 1.54) is 7.11 Å². The number of carbonyl (C=O) groups is 3. The van der Waals surface area contributed by atoms with E-state index in [0.717, 1.165) is 31.5 Å². The third kappa shape index (κ3) is 3.44. The van der Waals surface area contributed by atoms with Gasteiger partial charge in [-0.15, -0.1) is 0 Å². The van der Waals surface area contributed by atoms with Gasteiger partial charge in [0.25, 0.3) is 11.8 Å². The Bertz CT molecular complexity index is 971. The monoisotopic (exact) mass is 393 g/mol. The summed E-state index contributed by atoms with van der Waals surface area (Å²) in [6, 6.07) is 11.7. The highest BCUT2D eigenvalue weighted by Crippen LogP contribution is 2.34. The molecule has 2 heterocycles. The first-order valence-electron chi connectivity index (χ1n) is 9.67. The molecule has 29 heavy (non-hydrogen) atoms. The van der Waals surface area contributed by atoms with Gasteiger partial charge < -0.3 is 19.9 Å². The number of nitrogens with zero attached hydrogens (tertiary/aromatic N) is 2. The van der Waals surface area contributed by atoms with Gasteiger partial charge in [-0.3, -0.25) is 9.59 Å². The summed E-state index contributed by atoms with van der Waals surface area (Å²) in [5.74, 6) is -0.666. The van der Waals surface area contributed by atoms with Crippen LogP contribution in [0.2, 0.25) is 0 Å². The maximum absolute atomic E-state index is 12.8. The third-order valence-corrected chi connectivity index (χ3v) is 5.61. The summed E-state index contributed by atoms with van der Waals surface area (Å²) in [7, 11) is 3.30. The number of amides is 2. The van der Waals surface area contributed by atoms with E-state index in [1.54, 1.807) is 42.5 Å². The number of rotatable bonds is 3. The highest BCUT2D eigenvalue weighted by Gasteiger charge is 2.37. The lowest BCUT2D eigenvalue weighted by atomic mass is 9.97. The molecule has 1 N–H and O–H groups in total. The molecule has 2 aliphatic heterocycles. The number of ether oxygens (including phenoxy) is 1. The van der Waals surface area contributed by atoms with Gasteiger partial charge in [-0.25, -0.2) is 4.79 Å². The van der Waals surface area contributed by atoms with Gasteiger partial charge in [0.1, 0.15) is 6.17 Å². The summed E-state index contributed by atoms with van der Waals surface area (Å²) < 4.78 is 4.67. The van der Waals surface area contributed by atoms with E-state index in [2.05, 4.69) is 15.0 Å². The van der Waals surface area contributed by atoms with Crippen molar-refractivity contribution in [2.45, 2.75) is 25.4 Å². The first-order chi connectivity index (χ1) is 14.0. The maximum atomic E-state index is 12.8. The minimum Gasteiger partial charge on any atom is -0.465 e. The molecule has 1 saturated heterocycles. The van der Waals surface area contributed by atoms with Crippen LogP contribution in [-0.2, 0) is 4.74 Å². The van der Waals surface area contributed by atoms with Crippen LogP contribution in [0.3, 0.4) is 0 Å². The van der Waals surface area contributed by atoms with E-state index in [1.807, 2.05) is 11.9 Å². The average molecular weight is 393 g/mol. The molecular weight excluding hydrogens is 370 g/mol. The van der Waals surface area contributed by atoms with Crippen molar-refractivity contribution >= 4 is 29.2 Å². The van der Waals surface area contributed by atoms with Gasteiger partial charge in [-0.2, -0.15) is 0 Å². The standard InChI is InChI=1S/C22H23N3O4/c1-24-18-13-15(8-11-17(18)21(27)25-12-4-3-5-19(24)25)20(26)23-16-9-6-14(7-10-16)22(28)29-2/h6-11,13,19H,3-5,12H2,1-2H3,(H,23,26)/t19-/m0/s1. The number of nitrogens with one attached hydrogen (secondary N) is 1. The third-order valence-electron chi connectivity index (χ3n) is 5.61. The van der Waals surface area contributed by atoms with Crippen molar-refractivity contribution in [2.24, 2.45) is 0 Å². The Labute approximate surface area is 169 Å². The molecule has 7 nitrogen and oxygen atoms in total. The molecule has 2 amide bonds. The van der Waals surface area contributed by atoms with E-state index >= 15 is 0 Å². The Morgan fingerprint density at radius 1 is 1.07 bits per heavy atom. The first kappa shape index (κ1) is 19.0. The second-order valence-corrected chi connectivity index (χ2v) is 7.34. The van der Waals surface area contributed by atoms with Crippen molar-refractivity contribution in [3.63, 3.8) is 0 Å². The average Bonchev–Trinajstić information content (AvgIpc) is 2.77. The van der Waals surface area contributed by atoms with Crippen LogP contribution in [0.5, 0.6) is 0 Å². The molecule has 2 aromatic carbocycles. The van der Waals surface area contributed by atoms with Crippen LogP contribution in [0.1, 0.15) is 50.3 Å². The van der Waals surface area contributed by atoms with Crippen molar-refractivity contribution in [1.82, 2.24) is 4.90 Å². The Morgan fingerprint density at radius 3 is 2.52 bits per heavy atom.